The summed E-state index contributed by atoms with van der Waals surface area (Å²) in [5.74, 6) is -1.18. The number of hydrogen-bond acceptors (Lipinski definition) is 10. The number of carbonyl (C=O) groups excluding carboxylic acids is 2. The summed E-state index contributed by atoms with van der Waals surface area (Å²) < 4.78 is 17.6. The molecule has 6 N–H and O–H groups in total. The molecule has 75 heavy (non-hydrogen) atoms. The van der Waals surface area contributed by atoms with Gasteiger partial charge in [-0.1, -0.05) is 276 Å². The number of hydrogen-bond donors (Lipinski definition) is 6. The summed E-state index contributed by atoms with van der Waals surface area (Å²) in [4.78, 5) is 26.5. The number of aliphatic hydroxyl groups excluding tert-OH is 5. The molecule has 0 aromatic carbocycles. The van der Waals surface area contributed by atoms with Crippen LogP contribution in [0.4, 0.5) is 0 Å². The molecular weight excluding hydrogens is 943 g/mol. The molecule has 0 bridgehead atoms. The van der Waals surface area contributed by atoms with Gasteiger partial charge in [-0.2, -0.15) is 0 Å². The van der Waals surface area contributed by atoms with Crippen molar-refractivity contribution in [2.45, 2.75) is 359 Å². The lowest BCUT2D eigenvalue weighted by molar-refractivity contribution is -0.305. The third-order valence-corrected chi connectivity index (χ3v) is 15.4. The number of allylic oxidation sites excluding steroid dienone is 3. The first-order valence-electron chi connectivity index (χ1n) is 32.1. The molecule has 1 saturated heterocycles. The van der Waals surface area contributed by atoms with Crippen molar-refractivity contribution < 1.29 is 49.3 Å². The second kappa shape index (κ2) is 52.8. The largest absolute Gasteiger partial charge is 0.454 e. The standard InChI is InChI=1S/C64H121NO10/c1-4-7-10-13-16-19-22-24-26-28-30-31-33-36-39-42-45-48-51-57(68)63(72)65-55(56(67)50-47-44-41-38-35-21-18-15-12-9-6-3)54-73-64-62(61(71)60(70)58(53-66)74-64)75-59(69)52-49-46-43-40-37-34-32-29-27-25-23-20-17-14-11-8-5-2/h24,26,47,50,55-58,60-62,64,66-68,70-71H,4-23,25,27-46,48-49,51-54H2,1-3H3,(H,65,72)/b26-24+,50-47+. The average molecular weight is 1060 g/mol. The minimum Gasteiger partial charge on any atom is -0.454 e. The molecule has 0 aliphatic carbocycles. The number of carbonyl (C=O) groups is 2. The molecule has 1 rings (SSSR count). The first-order valence-corrected chi connectivity index (χ1v) is 32.1. The van der Waals surface area contributed by atoms with Crippen LogP contribution in [0.5, 0.6) is 0 Å². The van der Waals surface area contributed by atoms with E-state index in [9.17, 15) is 35.1 Å². The molecule has 1 fully saturated rings. The molecule has 1 aliphatic heterocycles. The van der Waals surface area contributed by atoms with E-state index in [0.717, 1.165) is 64.2 Å². The topological polar surface area (TPSA) is 175 Å². The highest BCUT2D eigenvalue weighted by atomic mass is 16.7. The van der Waals surface area contributed by atoms with Crippen LogP contribution in [0.1, 0.15) is 310 Å². The highest BCUT2D eigenvalue weighted by Gasteiger charge is 2.47. The van der Waals surface area contributed by atoms with Crippen molar-refractivity contribution in [1.82, 2.24) is 5.32 Å². The van der Waals surface area contributed by atoms with Crippen LogP contribution in [0.15, 0.2) is 24.3 Å². The van der Waals surface area contributed by atoms with E-state index in [0.29, 0.717) is 19.3 Å². The van der Waals surface area contributed by atoms with E-state index >= 15 is 0 Å². The van der Waals surface area contributed by atoms with Gasteiger partial charge >= 0.3 is 5.97 Å². The SMILES string of the molecule is CCCCCCCC/C=C/CCCCCCCCCCC(O)C(=O)NC(COC1OC(CO)C(O)C(O)C1OC(=O)CCCCCCCCCCCCCCCCCCC)C(O)/C=C/CCCCCCCCCCC. The molecule has 1 heterocycles. The second-order valence-electron chi connectivity index (χ2n) is 22.5. The maximum atomic E-state index is 13.4. The van der Waals surface area contributed by atoms with Gasteiger partial charge in [-0.25, -0.2) is 0 Å². The van der Waals surface area contributed by atoms with Crippen molar-refractivity contribution in [3.63, 3.8) is 0 Å². The van der Waals surface area contributed by atoms with Crippen LogP contribution in [0, 0.1) is 0 Å². The van der Waals surface area contributed by atoms with Crippen LogP contribution < -0.4 is 5.32 Å². The van der Waals surface area contributed by atoms with Gasteiger partial charge in [0, 0.05) is 6.42 Å². The Morgan fingerprint density at radius 3 is 1.29 bits per heavy atom. The predicted octanol–water partition coefficient (Wildman–Crippen LogP) is 15.3. The molecule has 1 amide bonds. The summed E-state index contributed by atoms with van der Waals surface area (Å²) in [5.41, 5.74) is 0. The zero-order valence-electron chi connectivity index (χ0n) is 48.9. The normalized spacial score (nSPS) is 19.3. The molecule has 1 aliphatic rings. The highest BCUT2D eigenvalue weighted by Crippen LogP contribution is 2.26. The third-order valence-electron chi connectivity index (χ3n) is 15.4. The zero-order valence-corrected chi connectivity index (χ0v) is 48.9. The Labute approximate surface area is 461 Å². The summed E-state index contributed by atoms with van der Waals surface area (Å²) in [6, 6.07) is -1.02. The molecule has 442 valence electrons. The van der Waals surface area contributed by atoms with Crippen LogP contribution >= 0.6 is 0 Å². The summed E-state index contributed by atoms with van der Waals surface area (Å²) in [5, 5.41) is 57.0. The third kappa shape index (κ3) is 40.9. The van der Waals surface area contributed by atoms with Crippen molar-refractivity contribution in [3.05, 3.63) is 24.3 Å². The Hall–Kier alpha value is -1.86. The Morgan fingerprint density at radius 2 is 0.880 bits per heavy atom. The van der Waals surface area contributed by atoms with Crippen LogP contribution in [-0.2, 0) is 23.8 Å². The smallest absolute Gasteiger partial charge is 0.306 e. The fraction of sp³-hybridized carbons (Fsp3) is 0.906. The quantitative estimate of drug-likeness (QED) is 0.0195. The number of aliphatic hydroxyl groups is 5. The zero-order chi connectivity index (χ0) is 54.7. The number of esters is 1. The maximum Gasteiger partial charge on any atom is 0.306 e. The van der Waals surface area contributed by atoms with Crippen molar-refractivity contribution in [3.8, 4) is 0 Å². The number of nitrogens with one attached hydrogen (secondary N) is 1. The fourth-order valence-corrected chi connectivity index (χ4v) is 10.2. The van der Waals surface area contributed by atoms with Gasteiger partial charge in [0.2, 0.25) is 5.91 Å². The van der Waals surface area contributed by atoms with Gasteiger partial charge in [0.25, 0.3) is 0 Å². The van der Waals surface area contributed by atoms with Crippen molar-refractivity contribution in [1.29, 1.82) is 0 Å². The number of ether oxygens (including phenoxy) is 3. The summed E-state index contributed by atoms with van der Waals surface area (Å²) in [7, 11) is 0. The summed E-state index contributed by atoms with van der Waals surface area (Å²) in [6.45, 7) is 5.81. The molecular formula is C64H121NO10. The lowest BCUT2D eigenvalue weighted by Gasteiger charge is -2.41. The minimum atomic E-state index is -1.61. The first kappa shape index (κ1) is 71.2. The van der Waals surface area contributed by atoms with Gasteiger partial charge in [-0.3, -0.25) is 9.59 Å². The van der Waals surface area contributed by atoms with Gasteiger partial charge in [0.15, 0.2) is 12.4 Å². The monoisotopic (exact) mass is 1060 g/mol. The van der Waals surface area contributed by atoms with Gasteiger partial charge in [0.05, 0.1) is 25.4 Å². The van der Waals surface area contributed by atoms with Crippen molar-refractivity contribution in [2.75, 3.05) is 13.2 Å². The van der Waals surface area contributed by atoms with E-state index in [1.165, 1.54) is 199 Å². The van der Waals surface area contributed by atoms with E-state index in [1.54, 1.807) is 6.08 Å². The van der Waals surface area contributed by atoms with E-state index in [4.69, 9.17) is 14.2 Å². The van der Waals surface area contributed by atoms with Gasteiger partial charge in [-0.15, -0.1) is 0 Å². The Kier molecular flexibility index (Phi) is 50.1. The van der Waals surface area contributed by atoms with Crippen LogP contribution in [-0.4, -0.2) is 99.6 Å². The van der Waals surface area contributed by atoms with Gasteiger partial charge in [0.1, 0.15) is 24.4 Å². The fourth-order valence-electron chi connectivity index (χ4n) is 10.2. The predicted molar refractivity (Wildman–Crippen MR) is 311 cm³/mol. The lowest BCUT2D eigenvalue weighted by atomic mass is 9.99. The molecule has 11 nitrogen and oxygen atoms in total. The number of unbranched alkanes of at least 4 members (excludes halogenated alkanes) is 39. The van der Waals surface area contributed by atoms with E-state index < -0.39 is 67.4 Å². The van der Waals surface area contributed by atoms with Crippen LogP contribution in [0.2, 0.25) is 0 Å². The molecule has 8 atom stereocenters. The Morgan fingerprint density at radius 1 is 0.507 bits per heavy atom. The first-order chi connectivity index (χ1) is 36.7. The molecule has 0 aromatic heterocycles. The van der Waals surface area contributed by atoms with Gasteiger partial charge in [-0.05, 0) is 51.4 Å². The van der Waals surface area contributed by atoms with E-state index in [2.05, 4.69) is 38.2 Å². The number of rotatable bonds is 55. The summed E-state index contributed by atoms with van der Waals surface area (Å²) in [6.07, 6.45) is 50.7. The maximum absolute atomic E-state index is 13.4. The van der Waals surface area contributed by atoms with Crippen LogP contribution in [0.25, 0.3) is 0 Å². The molecule has 11 heteroatoms. The van der Waals surface area contributed by atoms with Crippen molar-refractivity contribution >= 4 is 11.9 Å². The molecule has 8 unspecified atom stereocenters. The minimum absolute atomic E-state index is 0.130. The van der Waals surface area contributed by atoms with E-state index in [-0.39, 0.29) is 13.0 Å². The van der Waals surface area contributed by atoms with Crippen molar-refractivity contribution in [2.24, 2.45) is 0 Å². The molecule has 0 saturated carbocycles. The summed E-state index contributed by atoms with van der Waals surface area (Å²) >= 11 is 0. The van der Waals surface area contributed by atoms with E-state index in [1.807, 2.05) is 6.08 Å². The Balaban J connectivity index is 2.64. The second-order valence-corrected chi connectivity index (χ2v) is 22.5. The highest BCUT2D eigenvalue weighted by molar-refractivity contribution is 5.80. The van der Waals surface area contributed by atoms with Gasteiger partial charge < -0.3 is 45.1 Å². The molecule has 0 radical (unpaired) electrons. The Bertz CT molecular complexity index is 1310. The average Bonchev–Trinajstić information content (AvgIpc) is 3.41. The number of amides is 1. The molecule has 0 spiro atoms. The lowest BCUT2D eigenvalue weighted by Crippen LogP contribution is -2.61. The molecule has 0 aromatic rings. The van der Waals surface area contributed by atoms with Crippen LogP contribution in [0.3, 0.4) is 0 Å².